The smallest absolute Gasteiger partial charge is 0.170 e. The van der Waals surface area contributed by atoms with E-state index in [1.54, 1.807) is 0 Å². The second-order valence-corrected chi connectivity index (χ2v) is 5.56. The molecule has 3 N–H and O–H groups in total. The van der Waals surface area contributed by atoms with Crippen LogP contribution in [0.15, 0.2) is 27.8 Å². The Morgan fingerprint density at radius 3 is 2.63 bits per heavy atom. The largest absolute Gasteiger partial charge is 0.409 e. The van der Waals surface area contributed by atoms with Gasteiger partial charge in [0.2, 0.25) is 0 Å². The Labute approximate surface area is 123 Å². The Kier molecular flexibility index (Phi) is 6.15. The van der Waals surface area contributed by atoms with Gasteiger partial charge in [0.15, 0.2) is 5.84 Å². The normalized spacial score (nSPS) is 13.4. The minimum absolute atomic E-state index is 0.122. The average molecular weight is 328 g/mol. The highest BCUT2D eigenvalue weighted by molar-refractivity contribution is 9.10. The average Bonchev–Trinajstić information content (AvgIpc) is 2.43. The molecule has 1 unspecified atom stereocenters. The number of anilines is 1. The van der Waals surface area contributed by atoms with Crippen LogP contribution in [0.2, 0.25) is 0 Å². The van der Waals surface area contributed by atoms with Crippen molar-refractivity contribution in [2.45, 2.75) is 27.2 Å². The number of oxime groups is 1. The van der Waals surface area contributed by atoms with E-state index in [0.717, 1.165) is 29.7 Å². The zero-order chi connectivity index (χ0) is 14.4. The lowest BCUT2D eigenvalue weighted by Crippen LogP contribution is -2.28. The number of nitrogens with two attached hydrogens (primary N) is 1. The summed E-state index contributed by atoms with van der Waals surface area (Å²) in [5.74, 6) is 0.771. The number of hydrogen-bond donors (Lipinski definition) is 2. The van der Waals surface area contributed by atoms with Gasteiger partial charge >= 0.3 is 0 Å². The molecular formula is C14H22BrN3O. The summed E-state index contributed by atoms with van der Waals surface area (Å²) in [6, 6.07) is 5.75. The molecule has 0 fully saturated rings. The fourth-order valence-electron chi connectivity index (χ4n) is 1.88. The highest BCUT2D eigenvalue weighted by atomic mass is 79.9. The molecule has 0 aromatic heterocycles. The first kappa shape index (κ1) is 15.8. The summed E-state index contributed by atoms with van der Waals surface area (Å²) in [6.07, 6.45) is 1.16. The van der Waals surface area contributed by atoms with Crippen LogP contribution in [0.4, 0.5) is 5.69 Å². The molecule has 0 aliphatic carbocycles. The van der Waals surface area contributed by atoms with E-state index in [-0.39, 0.29) is 5.84 Å². The summed E-state index contributed by atoms with van der Waals surface area (Å²) in [6.45, 7) is 8.57. The highest BCUT2D eigenvalue weighted by Gasteiger charge is 2.12. The highest BCUT2D eigenvalue weighted by Crippen LogP contribution is 2.28. The van der Waals surface area contributed by atoms with Gasteiger partial charge < -0.3 is 15.8 Å². The number of hydrogen-bond acceptors (Lipinski definition) is 3. The molecule has 0 bridgehead atoms. The lowest BCUT2D eigenvalue weighted by molar-refractivity contribution is 0.318. The summed E-state index contributed by atoms with van der Waals surface area (Å²) in [5.41, 5.74) is 7.43. The lowest BCUT2D eigenvalue weighted by atomic mass is 10.1. The molecule has 106 valence electrons. The number of amidine groups is 1. The molecule has 0 saturated heterocycles. The van der Waals surface area contributed by atoms with Crippen LogP contribution in [0.3, 0.4) is 0 Å². The van der Waals surface area contributed by atoms with Crippen LogP contribution in [0, 0.1) is 5.92 Å². The Morgan fingerprint density at radius 1 is 1.47 bits per heavy atom. The van der Waals surface area contributed by atoms with E-state index in [9.17, 15) is 0 Å². The Morgan fingerprint density at radius 2 is 2.16 bits per heavy atom. The van der Waals surface area contributed by atoms with Gasteiger partial charge in [-0.15, -0.1) is 0 Å². The van der Waals surface area contributed by atoms with Crippen molar-refractivity contribution in [3.8, 4) is 0 Å². The van der Waals surface area contributed by atoms with Crippen molar-refractivity contribution in [3.05, 3.63) is 28.2 Å². The second kappa shape index (κ2) is 7.38. The number of rotatable bonds is 6. The van der Waals surface area contributed by atoms with Crippen LogP contribution in [-0.2, 0) is 0 Å². The lowest BCUT2D eigenvalue weighted by Gasteiger charge is -2.27. The first-order valence-corrected chi connectivity index (χ1v) is 7.35. The van der Waals surface area contributed by atoms with Gasteiger partial charge in [-0.1, -0.05) is 25.4 Å². The van der Waals surface area contributed by atoms with E-state index in [0.29, 0.717) is 11.5 Å². The zero-order valence-corrected chi connectivity index (χ0v) is 13.3. The van der Waals surface area contributed by atoms with Crippen molar-refractivity contribution < 1.29 is 5.21 Å². The molecule has 0 aliphatic rings. The molecule has 19 heavy (non-hydrogen) atoms. The molecule has 4 nitrogen and oxygen atoms in total. The maximum absolute atomic E-state index is 8.69. The van der Waals surface area contributed by atoms with Crippen molar-refractivity contribution in [3.63, 3.8) is 0 Å². The van der Waals surface area contributed by atoms with Gasteiger partial charge in [0, 0.05) is 23.1 Å². The van der Waals surface area contributed by atoms with Gasteiger partial charge in [-0.3, -0.25) is 0 Å². The standard InChI is InChI=1S/C14H22BrN3O/c1-4-10(3)9-18(5-2)13-7-6-11(8-12(13)15)14(16)17-19/h6-8,10,19H,4-5,9H2,1-3H3,(H2,16,17). The fraction of sp³-hybridized carbons (Fsp3) is 0.500. The summed E-state index contributed by atoms with van der Waals surface area (Å²) in [4.78, 5) is 2.33. The molecule has 0 saturated carbocycles. The minimum Gasteiger partial charge on any atom is -0.409 e. The quantitative estimate of drug-likeness (QED) is 0.364. The molecule has 0 radical (unpaired) electrons. The SMILES string of the molecule is CCC(C)CN(CC)c1ccc(/C(N)=N/O)cc1Br. The molecule has 0 amide bonds. The summed E-state index contributed by atoms with van der Waals surface area (Å²) in [7, 11) is 0. The number of benzene rings is 1. The van der Waals surface area contributed by atoms with Gasteiger partial charge in [-0.05, 0) is 47.0 Å². The van der Waals surface area contributed by atoms with Gasteiger partial charge in [0.25, 0.3) is 0 Å². The van der Waals surface area contributed by atoms with E-state index in [1.165, 1.54) is 0 Å². The summed E-state index contributed by atoms with van der Waals surface area (Å²) >= 11 is 3.56. The molecule has 1 aromatic carbocycles. The van der Waals surface area contributed by atoms with Crippen molar-refractivity contribution in [2.75, 3.05) is 18.0 Å². The zero-order valence-electron chi connectivity index (χ0n) is 11.7. The third-order valence-corrected chi connectivity index (χ3v) is 3.94. The summed E-state index contributed by atoms with van der Waals surface area (Å²) in [5, 5.41) is 11.7. The van der Waals surface area contributed by atoms with Gasteiger partial charge in [0.05, 0.1) is 5.69 Å². The Bertz CT molecular complexity index is 448. The molecule has 0 heterocycles. The van der Waals surface area contributed by atoms with Crippen molar-refractivity contribution in [1.82, 2.24) is 0 Å². The number of halogens is 1. The van der Waals surface area contributed by atoms with Crippen molar-refractivity contribution >= 4 is 27.5 Å². The van der Waals surface area contributed by atoms with Crippen LogP contribution in [-0.4, -0.2) is 24.1 Å². The molecule has 0 spiro atoms. The molecule has 1 aromatic rings. The molecule has 1 rings (SSSR count). The molecule has 0 aliphatic heterocycles. The van der Waals surface area contributed by atoms with Crippen LogP contribution in [0.1, 0.15) is 32.8 Å². The topological polar surface area (TPSA) is 61.8 Å². The monoisotopic (exact) mass is 327 g/mol. The van der Waals surface area contributed by atoms with Crippen LogP contribution in [0.5, 0.6) is 0 Å². The van der Waals surface area contributed by atoms with Crippen LogP contribution >= 0.6 is 15.9 Å². The Hall–Kier alpha value is -1.23. The predicted molar refractivity (Wildman–Crippen MR) is 84.0 cm³/mol. The third-order valence-electron chi connectivity index (χ3n) is 3.30. The molecule has 5 heteroatoms. The first-order chi connectivity index (χ1) is 9.03. The van der Waals surface area contributed by atoms with Gasteiger partial charge in [0.1, 0.15) is 0 Å². The van der Waals surface area contributed by atoms with E-state index in [4.69, 9.17) is 10.9 Å². The van der Waals surface area contributed by atoms with E-state index in [1.807, 2.05) is 18.2 Å². The summed E-state index contributed by atoms with van der Waals surface area (Å²) < 4.78 is 0.960. The third kappa shape index (κ3) is 4.13. The molecular weight excluding hydrogens is 306 g/mol. The maximum Gasteiger partial charge on any atom is 0.170 e. The second-order valence-electron chi connectivity index (χ2n) is 4.70. The predicted octanol–water partition coefficient (Wildman–Crippen LogP) is 3.42. The van der Waals surface area contributed by atoms with E-state index >= 15 is 0 Å². The van der Waals surface area contributed by atoms with E-state index in [2.05, 4.69) is 46.8 Å². The van der Waals surface area contributed by atoms with E-state index < -0.39 is 0 Å². The molecule has 1 atom stereocenters. The first-order valence-electron chi connectivity index (χ1n) is 6.55. The van der Waals surface area contributed by atoms with Crippen molar-refractivity contribution in [1.29, 1.82) is 0 Å². The van der Waals surface area contributed by atoms with Gasteiger partial charge in [-0.25, -0.2) is 0 Å². The van der Waals surface area contributed by atoms with Crippen LogP contribution < -0.4 is 10.6 Å². The maximum atomic E-state index is 8.69. The minimum atomic E-state index is 0.122. The van der Waals surface area contributed by atoms with Gasteiger partial charge in [-0.2, -0.15) is 0 Å². The Balaban J connectivity index is 2.99. The fourth-order valence-corrected chi connectivity index (χ4v) is 2.51. The van der Waals surface area contributed by atoms with Crippen molar-refractivity contribution in [2.24, 2.45) is 16.8 Å². The number of nitrogens with zero attached hydrogens (tertiary/aromatic N) is 2. The van der Waals surface area contributed by atoms with Crippen LogP contribution in [0.25, 0.3) is 0 Å².